The molecular weight excluding hydrogens is 188 g/mol. The molecule has 0 aliphatic heterocycles. The van der Waals surface area contributed by atoms with Gasteiger partial charge in [-0.05, 0) is 37.0 Å². The molecule has 1 aliphatic rings. The molecule has 0 saturated heterocycles. The molecule has 0 spiro atoms. The summed E-state index contributed by atoms with van der Waals surface area (Å²) in [6.45, 7) is 2.13. The van der Waals surface area contributed by atoms with Crippen molar-refractivity contribution in [2.75, 3.05) is 14.2 Å². The maximum Gasteiger partial charge on any atom is 0.130 e. The first kappa shape index (κ1) is 10.1. The minimum Gasteiger partial charge on any atom is -0.497 e. The second kappa shape index (κ2) is 3.97. The number of ether oxygens (including phenoxy) is 2. The van der Waals surface area contributed by atoms with E-state index in [1.54, 1.807) is 14.2 Å². The standard InChI is InChI=1S/C13H16O2/c1-9-5-4-6-10-7-11(14-2)8-12(15-3)13(9)10/h5,7-8H,4,6H2,1-3H3. The minimum atomic E-state index is 0.875. The van der Waals surface area contributed by atoms with Gasteiger partial charge in [0.2, 0.25) is 0 Å². The lowest BCUT2D eigenvalue weighted by molar-refractivity contribution is 0.392. The molecule has 0 N–H and O–H groups in total. The van der Waals surface area contributed by atoms with Crippen LogP contribution in [0.2, 0.25) is 0 Å². The van der Waals surface area contributed by atoms with Gasteiger partial charge in [-0.2, -0.15) is 0 Å². The largest absolute Gasteiger partial charge is 0.497 e. The molecule has 0 amide bonds. The molecule has 0 unspecified atom stereocenters. The van der Waals surface area contributed by atoms with Crippen molar-refractivity contribution >= 4 is 5.57 Å². The Morgan fingerprint density at radius 2 is 1.93 bits per heavy atom. The maximum atomic E-state index is 5.40. The molecule has 1 aromatic rings. The van der Waals surface area contributed by atoms with E-state index in [9.17, 15) is 0 Å². The molecule has 2 rings (SSSR count). The van der Waals surface area contributed by atoms with Crippen molar-refractivity contribution in [2.45, 2.75) is 19.8 Å². The lowest BCUT2D eigenvalue weighted by atomic mass is 9.90. The number of hydrogen-bond acceptors (Lipinski definition) is 2. The summed E-state index contributed by atoms with van der Waals surface area (Å²) < 4.78 is 10.7. The van der Waals surface area contributed by atoms with Gasteiger partial charge in [-0.25, -0.2) is 0 Å². The first-order valence-corrected chi connectivity index (χ1v) is 5.18. The van der Waals surface area contributed by atoms with Gasteiger partial charge in [-0.15, -0.1) is 0 Å². The molecular formula is C13H16O2. The predicted molar refractivity (Wildman–Crippen MR) is 61.5 cm³/mol. The fourth-order valence-corrected chi connectivity index (χ4v) is 2.12. The number of methoxy groups -OCH3 is 2. The molecule has 0 bridgehead atoms. The zero-order valence-corrected chi connectivity index (χ0v) is 9.46. The van der Waals surface area contributed by atoms with Crippen molar-refractivity contribution in [1.82, 2.24) is 0 Å². The summed E-state index contributed by atoms with van der Waals surface area (Å²) >= 11 is 0. The van der Waals surface area contributed by atoms with Crippen LogP contribution in [0.3, 0.4) is 0 Å². The Bertz CT molecular complexity index is 405. The van der Waals surface area contributed by atoms with Gasteiger partial charge in [0.15, 0.2) is 0 Å². The Hall–Kier alpha value is -1.44. The second-order valence-corrected chi connectivity index (χ2v) is 3.79. The first-order valence-electron chi connectivity index (χ1n) is 5.18. The van der Waals surface area contributed by atoms with Crippen molar-refractivity contribution in [3.05, 3.63) is 29.3 Å². The SMILES string of the molecule is COc1cc2c(c(OC)c1)C(C)=CCC2. The highest BCUT2D eigenvalue weighted by molar-refractivity contribution is 5.74. The first-order chi connectivity index (χ1) is 7.26. The van der Waals surface area contributed by atoms with Gasteiger partial charge in [0.25, 0.3) is 0 Å². The van der Waals surface area contributed by atoms with E-state index in [0.717, 1.165) is 24.3 Å². The van der Waals surface area contributed by atoms with E-state index in [0.29, 0.717) is 0 Å². The van der Waals surface area contributed by atoms with E-state index in [-0.39, 0.29) is 0 Å². The van der Waals surface area contributed by atoms with Crippen molar-refractivity contribution in [2.24, 2.45) is 0 Å². The van der Waals surface area contributed by atoms with E-state index >= 15 is 0 Å². The number of aryl methyl sites for hydroxylation is 1. The normalized spacial score (nSPS) is 14.2. The minimum absolute atomic E-state index is 0.875. The molecule has 15 heavy (non-hydrogen) atoms. The number of hydrogen-bond donors (Lipinski definition) is 0. The number of allylic oxidation sites excluding steroid dienone is 2. The molecule has 0 fully saturated rings. The van der Waals surface area contributed by atoms with Crippen LogP contribution in [-0.2, 0) is 6.42 Å². The van der Waals surface area contributed by atoms with E-state index < -0.39 is 0 Å². The molecule has 1 aromatic carbocycles. The molecule has 0 heterocycles. The van der Waals surface area contributed by atoms with Crippen LogP contribution in [0.5, 0.6) is 11.5 Å². The van der Waals surface area contributed by atoms with Gasteiger partial charge >= 0.3 is 0 Å². The summed E-state index contributed by atoms with van der Waals surface area (Å²) in [4.78, 5) is 0. The smallest absolute Gasteiger partial charge is 0.130 e. The van der Waals surface area contributed by atoms with Crippen LogP contribution < -0.4 is 9.47 Å². The quantitative estimate of drug-likeness (QED) is 0.737. The monoisotopic (exact) mass is 204 g/mol. The topological polar surface area (TPSA) is 18.5 Å². The van der Waals surface area contributed by atoms with Gasteiger partial charge in [-0.1, -0.05) is 6.08 Å². The summed E-state index contributed by atoms with van der Waals surface area (Å²) in [5, 5.41) is 0. The third-order valence-electron chi connectivity index (χ3n) is 2.87. The van der Waals surface area contributed by atoms with Crippen LogP contribution in [0.25, 0.3) is 5.57 Å². The summed E-state index contributed by atoms with van der Waals surface area (Å²) in [6, 6.07) is 4.05. The van der Waals surface area contributed by atoms with Crippen molar-refractivity contribution in [3.63, 3.8) is 0 Å². The molecule has 0 aromatic heterocycles. The van der Waals surface area contributed by atoms with E-state index in [2.05, 4.69) is 19.1 Å². The van der Waals surface area contributed by atoms with Gasteiger partial charge < -0.3 is 9.47 Å². The summed E-state index contributed by atoms with van der Waals surface area (Å²) in [5.74, 6) is 1.79. The van der Waals surface area contributed by atoms with Gasteiger partial charge in [0.1, 0.15) is 11.5 Å². The van der Waals surface area contributed by atoms with Gasteiger partial charge in [-0.3, -0.25) is 0 Å². The highest BCUT2D eigenvalue weighted by Crippen LogP contribution is 2.37. The molecule has 80 valence electrons. The Kier molecular flexibility index (Phi) is 2.67. The second-order valence-electron chi connectivity index (χ2n) is 3.79. The van der Waals surface area contributed by atoms with Crippen molar-refractivity contribution in [3.8, 4) is 11.5 Å². The molecule has 0 saturated carbocycles. The van der Waals surface area contributed by atoms with Gasteiger partial charge in [0.05, 0.1) is 14.2 Å². The summed E-state index contributed by atoms with van der Waals surface area (Å²) in [6.07, 6.45) is 4.44. The lowest BCUT2D eigenvalue weighted by Crippen LogP contribution is -2.02. The zero-order chi connectivity index (χ0) is 10.8. The Balaban J connectivity index is 2.59. The van der Waals surface area contributed by atoms with E-state index in [1.165, 1.54) is 16.7 Å². The van der Waals surface area contributed by atoms with E-state index in [4.69, 9.17) is 9.47 Å². The van der Waals surface area contributed by atoms with Crippen molar-refractivity contribution < 1.29 is 9.47 Å². The predicted octanol–water partition coefficient (Wildman–Crippen LogP) is 3.05. The molecule has 2 heteroatoms. The van der Waals surface area contributed by atoms with Crippen LogP contribution in [-0.4, -0.2) is 14.2 Å². The molecule has 1 aliphatic carbocycles. The van der Waals surface area contributed by atoms with Crippen LogP contribution in [0, 0.1) is 0 Å². The zero-order valence-electron chi connectivity index (χ0n) is 9.46. The van der Waals surface area contributed by atoms with E-state index in [1.807, 2.05) is 6.07 Å². The fourth-order valence-electron chi connectivity index (χ4n) is 2.12. The van der Waals surface area contributed by atoms with Crippen molar-refractivity contribution in [1.29, 1.82) is 0 Å². The average molecular weight is 204 g/mol. The highest BCUT2D eigenvalue weighted by Gasteiger charge is 2.16. The van der Waals surface area contributed by atoms with Crippen LogP contribution in [0.1, 0.15) is 24.5 Å². The molecule has 0 radical (unpaired) electrons. The highest BCUT2D eigenvalue weighted by atomic mass is 16.5. The number of benzene rings is 1. The van der Waals surface area contributed by atoms with Gasteiger partial charge in [0, 0.05) is 11.6 Å². The lowest BCUT2D eigenvalue weighted by Gasteiger charge is -2.19. The average Bonchev–Trinajstić information content (AvgIpc) is 2.27. The molecule has 2 nitrogen and oxygen atoms in total. The van der Waals surface area contributed by atoms with Crippen LogP contribution in [0.15, 0.2) is 18.2 Å². The third kappa shape index (κ3) is 1.72. The Morgan fingerprint density at radius 1 is 1.13 bits per heavy atom. The summed E-state index contributed by atoms with van der Waals surface area (Å²) in [5.41, 5.74) is 3.87. The van der Waals surface area contributed by atoms with Crippen LogP contribution >= 0.6 is 0 Å². The summed E-state index contributed by atoms with van der Waals surface area (Å²) in [7, 11) is 3.39. The Morgan fingerprint density at radius 3 is 2.60 bits per heavy atom. The van der Waals surface area contributed by atoms with Crippen LogP contribution in [0.4, 0.5) is 0 Å². The molecule has 0 atom stereocenters. The Labute approximate surface area is 90.5 Å². The number of fused-ring (bicyclic) bond motifs is 1. The number of rotatable bonds is 2. The fraction of sp³-hybridized carbons (Fsp3) is 0.385. The third-order valence-corrected chi connectivity index (χ3v) is 2.87. The maximum absolute atomic E-state index is 5.40.